The van der Waals surface area contributed by atoms with Crippen LogP contribution in [0.25, 0.3) is 0 Å². The zero-order valence-electron chi connectivity index (χ0n) is 19.4. The molecule has 2 aliphatic rings. The molecule has 1 saturated carbocycles. The van der Waals surface area contributed by atoms with E-state index in [-0.39, 0.29) is 28.1 Å². The Kier molecular flexibility index (Phi) is 6.12. The molecule has 36 heavy (non-hydrogen) atoms. The molecule has 3 N–H and O–H groups in total. The number of nitrogens with one attached hydrogen (secondary N) is 3. The molecule has 0 spiro atoms. The fourth-order valence-electron chi connectivity index (χ4n) is 4.95. The van der Waals surface area contributed by atoms with Crippen LogP contribution < -0.4 is 16.0 Å². The highest BCUT2D eigenvalue weighted by Gasteiger charge is 2.62. The van der Waals surface area contributed by atoms with Gasteiger partial charge in [-0.2, -0.15) is 5.26 Å². The van der Waals surface area contributed by atoms with E-state index in [9.17, 15) is 32.3 Å². The molecular weight excluding hydrogens is 479 g/mol. The number of carbonyl (C=O) groups is 4. The van der Waals surface area contributed by atoms with Crippen molar-refractivity contribution < 1.29 is 32.3 Å². The summed E-state index contributed by atoms with van der Waals surface area (Å²) in [6, 6.07) is 5.18. The van der Waals surface area contributed by atoms with Crippen molar-refractivity contribution in [1.29, 1.82) is 5.26 Å². The van der Waals surface area contributed by atoms with Gasteiger partial charge >= 0.3 is 0 Å². The minimum atomic E-state index is -3.15. The molecule has 0 atom stereocenters. The molecule has 1 aromatic carbocycles. The third-order valence-corrected chi connectivity index (χ3v) is 6.54. The number of nitrogens with zero attached hydrogens (tertiary/aromatic N) is 2. The molecular formula is C24H22F3N5O4. The van der Waals surface area contributed by atoms with E-state index < -0.39 is 53.6 Å². The predicted molar refractivity (Wildman–Crippen MR) is 120 cm³/mol. The van der Waals surface area contributed by atoms with Crippen LogP contribution in [0.4, 0.5) is 18.9 Å². The molecule has 1 aliphatic carbocycles. The lowest BCUT2D eigenvalue weighted by molar-refractivity contribution is -0.164. The Morgan fingerprint density at radius 2 is 1.86 bits per heavy atom. The number of carbonyl (C=O) groups excluding carboxylic acids is 4. The van der Waals surface area contributed by atoms with Gasteiger partial charge in [0.25, 0.3) is 23.5 Å². The zero-order chi connectivity index (χ0) is 26.4. The molecule has 2 aromatic rings. The first-order chi connectivity index (χ1) is 16.9. The quantitative estimate of drug-likeness (QED) is 0.412. The van der Waals surface area contributed by atoms with Gasteiger partial charge in [-0.15, -0.1) is 0 Å². The van der Waals surface area contributed by atoms with Crippen molar-refractivity contribution in [2.24, 2.45) is 0 Å². The lowest BCUT2D eigenvalue weighted by Gasteiger charge is -2.45. The number of aromatic nitrogens is 1. The summed E-state index contributed by atoms with van der Waals surface area (Å²) < 4.78 is 42.3. The van der Waals surface area contributed by atoms with Crippen LogP contribution in [-0.2, 0) is 22.6 Å². The number of fused-ring (bicyclic) bond motifs is 1. The van der Waals surface area contributed by atoms with Gasteiger partial charge < -0.3 is 20.5 Å². The lowest BCUT2D eigenvalue weighted by Crippen LogP contribution is -2.69. The maximum absolute atomic E-state index is 13.6. The second kappa shape index (κ2) is 8.82. The van der Waals surface area contributed by atoms with E-state index in [1.165, 1.54) is 26.1 Å². The largest absolute Gasteiger partial charge is 0.357 e. The fourth-order valence-corrected chi connectivity index (χ4v) is 4.95. The first kappa shape index (κ1) is 25.0. The van der Waals surface area contributed by atoms with Gasteiger partial charge in [0, 0.05) is 37.8 Å². The van der Waals surface area contributed by atoms with Crippen molar-refractivity contribution in [3.05, 3.63) is 52.1 Å². The van der Waals surface area contributed by atoms with E-state index in [1.807, 2.05) is 0 Å². The summed E-state index contributed by atoms with van der Waals surface area (Å²) in [5.74, 6) is -7.62. The molecule has 4 rings (SSSR count). The summed E-state index contributed by atoms with van der Waals surface area (Å²) in [6.07, 6.45) is -0.818. The first-order valence-electron chi connectivity index (χ1n) is 11.1. The first-order valence-corrected chi connectivity index (χ1v) is 11.1. The van der Waals surface area contributed by atoms with E-state index in [2.05, 4.69) is 16.0 Å². The van der Waals surface area contributed by atoms with E-state index in [4.69, 9.17) is 5.26 Å². The number of alkyl halides is 2. The summed E-state index contributed by atoms with van der Waals surface area (Å²) in [5.41, 5.74) is -1.19. The fraction of sp³-hybridized carbons (Fsp3) is 0.375. The van der Waals surface area contributed by atoms with E-state index in [0.717, 1.165) is 6.07 Å². The van der Waals surface area contributed by atoms with Crippen LogP contribution in [0.5, 0.6) is 0 Å². The molecule has 0 bridgehead atoms. The average Bonchev–Trinajstić information content (AvgIpc) is 3.37. The van der Waals surface area contributed by atoms with Gasteiger partial charge in [-0.05, 0) is 43.5 Å². The Hall–Kier alpha value is -4.14. The molecule has 1 aromatic heterocycles. The Morgan fingerprint density at radius 3 is 2.47 bits per heavy atom. The predicted octanol–water partition coefficient (Wildman–Crippen LogP) is 2.22. The van der Waals surface area contributed by atoms with Crippen molar-refractivity contribution in [3.63, 3.8) is 0 Å². The van der Waals surface area contributed by atoms with Crippen molar-refractivity contribution in [2.45, 2.75) is 50.6 Å². The number of halogens is 3. The van der Waals surface area contributed by atoms with Gasteiger partial charge in [-0.25, -0.2) is 13.2 Å². The number of ketones is 1. The average molecular weight is 501 g/mol. The van der Waals surface area contributed by atoms with Gasteiger partial charge in [-0.3, -0.25) is 19.2 Å². The summed E-state index contributed by atoms with van der Waals surface area (Å²) >= 11 is 0. The van der Waals surface area contributed by atoms with E-state index in [1.54, 1.807) is 10.6 Å². The Bertz CT molecular complexity index is 1350. The molecule has 0 radical (unpaired) electrons. The Labute approximate surface area is 203 Å². The van der Waals surface area contributed by atoms with Gasteiger partial charge in [0.05, 0.1) is 16.8 Å². The molecule has 188 valence electrons. The van der Waals surface area contributed by atoms with E-state index in [0.29, 0.717) is 25.1 Å². The molecule has 1 fully saturated rings. The van der Waals surface area contributed by atoms with Crippen LogP contribution in [-0.4, -0.2) is 46.6 Å². The van der Waals surface area contributed by atoms with E-state index >= 15 is 0 Å². The van der Waals surface area contributed by atoms with Crippen LogP contribution >= 0.6 is 0 Å². The number of likely N-dealkylation sites (N-methyl/N-ethyl adjacent to an activating group) is 1. The number of nitriles is 1. The van der Waals surface area contributed by atoms with Gasteiger partial charge in [0.15, 0.2) is 0 Å². The third kappa shape index (κ3) is 4.10. The van der Waals surface area contributed by atoms with Gasteiger partial charge in [0.2, 0.25) is 5.91 Å². The molecule has 12 heteroatoms. The number of Topliss-reactive ketones (excluding diaryl/α,β-unsaturated/α-hetero) is 1. The zero-order valence-corrected chi connectivity index (χ0v) is 19.4. The molecule has 3 amide bonds. The summed E-state index contributed by atoms with van der Waals surface area (Å²) in [7, 11) is 1.24. The monoisotopic (exact) mass is 501 g/mol. The number of hydrogen-bond acceptors (Lipinski definition) is 5. The summed E-state index contributed by atoms with van der Waals surface area (Å²) in [6.45, 7) is 1.84. The van der Waals surface area contributed by atoms with Crippen molar-refractivity contribution in [1.82, 2.24) is 15.2 Å². The number of benzene rings is 1. The van der Waals surface area contributed by atoms with Crippen molar-refractivity contribution in [2.75, 3.05) is 12.4 Å². The Morgan fingerprint density at radius 1 is 1.17 bits per heavy atom. The smallest absolute Gasteiger partial charge is 0.294 e. The van der Waals surface area contributed by atoms with Crippen molar-refractivity contribution >= 4 is 29.2 Å². The minimum Gasteiger partial charge on any atom is -0.357 e. The number of amides is 3. The van der Waals surface area contributed by atoms with Gasteiger partial charge in [0.1, 0.15) is 17.4 Å². The maximum Gasteiger partial charge on any atom is 0.294 e. The standard InChI is InChI=1S/C24H22F3N5O4/c1-12-17(20(34)30-14-5-6-15(25)13(8-14)9-28)16-4-3-7-32(16)18(12)19(33)21(35)31-23(22(36)29-2)10-24(26,27)11-23/h5-6,8H,3-4,7,10-11H2,1-2H3,(H,29,36)(H,30,34)(H,31,35). The summed E-state index contributed by atoms with van der Waals surface area (Å²) in [5, 5.41) is 16.0. The highest BCUT2D eigenvalue weighted by atomic mass is 19.3. The van der Waals surface area contributed by atoms with Crippen LogP contribution in [0, 0.1) is 24.1 Å². The SMILES string of the molecule is CNC(=O)C1(NC(=O)C(=O)c2c(C)c(C(=O)Nc3ccc(F)c(C#N)c3)c3n2CCC3)CC(F)(F)C1. The van der Waals surface area contributed by atoms with Crippen LogP contribution in [0.1, 0.15) is 56.9 Å². The summed E-state index contributed by atoms with van der Waals surface area (Å²) in [4.78, 5) is 51.3. The highest BCUT2D eigenvalue weighted by Crippen LogP contribution is 2.45. The van der Waals surface area contributed by atoms with Crippen LogP contribution in [0.2, 0.25) is 0 Å². The topological polar surface area (TPSA) is 133 Å². The second-order valence-corrected chi connectivity index (χ2v) is 8.97. The number of anilines is 1. The molecule has 1 aliphatic heterocycles. The molecule has 9 nitrogen and oxygen atoms in total. The van der Waals surface area contributed by atoms with Gasteiger partial charge in [-0.1, -0.05) is 0 Å². The minimum absolute atomic E-state index is 0.0693. The highest BCUT2D eigenvalue weighted by molar-refractivity contribution is 6.43. The van der Waals surface area contributed by atoms with Crippen LogP contribution in [0.3, 0.4) is 0 Å². The molecule has 0 unspecified atom stereocenters. The maximum atomic E-state index is 13.6. The number of hydrogen-bond donors (Lipinski definition) is 3. The number of rotatable bonds is 6. The molecule has 2 heterocycles. The third-order valence-electron chi connectivity index (χ3n) is 6.54. The van der Waals surface area contributed by atoms with Crippen LogP contribution in [0.15, 0.2) is 18.2 Å². The normalized spacial score (nSPS) is 16.8. The Balaban J connectivity index is 1.62. The second-order valence-electron chi connectivity index (χ2n) is 8.97. The lowest BCUT2D eigenvalue weighted by atomic mass is 9.72. The van der Waals surface area contributed by atoms with Crippen molar-refractivity contribution in [3.8, 4) is 6.07 Å². The molecule has 0 saturated heterocycles.